The van der Waals surface area contributed by atoms with Crippen LogP contribution in [0.4, 0.5) is 11.4 Å². The van der Waals surface area contributed by atoms with Gasteiger partial charge in [0.2, 0.25) is 0 Å². The number of rotatable bonds is 17. The van der Waals surface area contributed by atoms with Crippen molar-refractivity contribution in [3.63, 3.8) is 0 Å². The van der Waals surface area contributed by atoms with Crippen LogP contribution in [0.1, 0.15) is 43.2 Å². The molecule has 50 heavy (non-hydrogen) atoms. The molecule has 2 unspecified atom stereocenters. The average molecular weight is 689 g/mol. The highest BCUT2D eigenvalue weighted by atomic mass is 16.5. The molecule has 0 saturated carbocycles. The van der Waals surface area contributed by atoms with Crippen LogP contribution < -0.4 is 30.7 Å². The molecular weight excluding hydrogens is 644 g/mol. The van der Waals surface area contributed by atoms with Crippen LogP contribution in [0.3, 0.4) is 0 Å². The highest BCUT2D eigenvalue weighted by Gasteiger charge is 2.18. The van der Waals surface area contributed by atoms with Crippen molar-refractivity contribution in [1.29, 1.82) is 0 Å². The van der Waals surface area contributed by atoms with E-state index in [0.29, 0.717) is 47.1 Å². The fraction of sp³-hybridized carbons (Fsp3) is 0.333. The van der Waals surface area contributed by atoms with Crippen molar-refractivity contribution in [2.24, 2.45) is 0 Å². The number of carbonyl (C=O) groups excluding carboxylic acids is 2. The number of ether oxygens (including phenoxy) is 2. The first-order valence-electron chi connectivity index (χ1n) is 16.0. The summed E-state index contributed by atoms with van der Waals surface area (Å²) in [5, 5.41) is 49.0. The standard InChI is InChI=1S/C36H44N6O8/c1-21-27(7-5-9-29(21)41-35(47)31-11-33(49-3)23(15-39-31)13-37-17-25(45)19-43)28-8-6-10-30(22(28)2)42-36(48)32-12-34(50-4)24(16-40-32)14-38-18-26(46)20-44/h5-12,15-16,25-26,37-38,43-46H,13-14,17-20H2,1-4H3,(H,41,47)(H,42,48). The Morgan fingerprint density at radius 1 is 0.700 bits per heavy atom. The minimum atomic E-state index is -0.886. The first-order chi connectivity index (χ1) is 24.1. The molecule has 2 aromatic carbocycles. The molecule has 0 saturated heterocycles. The van der Waals surface area contributed by atoms with Crippen LogP contribution in [-0.2, 0) is 13.1 Å². The number of benzene rings is 2. The van der Waals surface area contributed by atoms with Crippen molar-refractivity contribution in [3.8, 4) is 22.6 Å². The lowest BCUT2D eigenvalue weighted by molar-refractivity contribution is 0.0941. The van der Waals surface area contributed by atoms with Gasteiger partial charge in [-0.25, -0.2) is 0 Å². The van der Waals surface area contributed by atoms with E-state index in [0.717, 1.165) is 22.3 Å². The number of methoxy groups -OCH3 is 2. The number of anilines is 2. The van der Waals surface area contributed by atoms with Crippen LogP contribution in [0.25, 0.3) is 11.1 Å². The zero-order chi connectivity index (χ0) is 36.2. The Bertz CT molecular complexity index is 1660. The first kappa shape index (κ1) is 37.9. The highest BCUT2D eigenvalue weighted by Crippen LogP contribution is 2.34. The van der Waals surface area contributed by atoms with E-state index in [2.05, 4.69) is 31.2 Å². The summed E-state index contributed by atoms with van der Waals surface area (Å²) in [4.78, 5) is 35.2. The second-order valence-corrected chi connectivity index (χ2v) is 11.6. The van der Waals surface area contributed by atoms with Crippen LogP contribution in [-0.4, -0.2) is 94.9 Å². The van der Waals surface area contributed by atoms with Gasteiger partial charge in [-0.05, 0) is 48.2 Å². The zero-order valence-electron chi connectivity index (χ0n) is 28.5. The maximum Gasteiger partial charge on any atom is 0.274 e. The summed E-state index contributed by atoms with van der Waals surface area (Å²) in [5.74, 6) is 0.0494. The Hall–Kier alpha value is -4.96. The molecule has 14 nitrogen and oxygen atoms in total. The summed E-state index contributed by atoms with van der Waals surface area (Å²) >= 11 is 0. The highest BCUT2D eigenvalue weighted by molar-refractivity contribution is 6.05. The van der Waals surface area contributed by atoms with E-state index in [1.807, 2.05) is 38.1 Å². The van der Waals surface area contributed by atoms with Crippen molar-refractivity contribution in [1.82, 2.24) is 20.6 Å². The number of aliphatic hydroxyl groups is 4. The molecule has 0 aliphatic heterocycles. The van der Waals surface area contributed by atoms with Gasteiger partial charge in [0, 0.05) is 73.2 Å². The minimum Gasteiger partial charge on any atom is -0.496 e. The van der Waals surface area contributed by atoms with Gasteiger partial charge in [-0.15, -0.1) is 0 Å². The second-order valence-electron chi connectivity index (χ2n) is 11.6. The number of hydrogen-bond donors (Lipinski definition) is 8. The quantitative estimate of drug-likeness (QED) is 0.0804. The molecule has 4 aromatic rings. The lowest BCUT2D eigenvalue weighted by atomic mass is 9.94. The number of hydrogen-bond acceptors (Lipinski definition) is 12. The average Bonchev–Trinajstić information content (AvgIpc) is 3.13. The lowest BCUT2D eigenvalue weighted by Gasteiger charge is -2.17. The predicted octanol–water partition coefficient (Wildman–Crippen LogP) is 2.17. The largest absolute Gasteiger partial charge is 0.496 e. The van der Waals surface area contributed by atoms with Crippen molar-refractivity contribution in [2.75, 3.05) is 51.2 Å². The number of aliphatic hydroxyl groups excluding tert-OH is 4. The van der Waals surface area contributed by atoms with Crippen LogP contribution >= 0.6 is 0 Å². The minimum absolute atomic E-state index is 0.154. The summed E-state index contributed by atoms with van der Waals surface area (Å²) in [7, 11) is 2.99. The van der Waals surface area contributed by atoms with Crippen molar-refractivity contribution >= 4 is 23.2 Å². The number of aromatic nitrogens is 2. The molecule has 0 aliphatic carbocycles. The fourth-order valence-electron chi connectivity index (χ4n) is 5.20. The van der Waals surface area contributed by atoms with Crippen molar-refractivity contribution in [2.45, 2.75) is 39.1 Å². The third-order valence-corrected chi connectivity index (χ3v) is 8.06. The number of pyridine rings is 2. The maximum absolute atomic E-state index is 13.3. The van der Waals surface area contributed by atoms with E-state index in [4.69, 9.17) is 19.7 Å². The molecule has 0 aliphatic rings. The molecule has 0 fully saturated rings. The molecule has 0 radical (unpaired) electrons. The summed E-state index contributed by atoms with van der Waals surface area (Å²) in [6.07, 6.45) is 1.29. The summed E-state index contributed by atoms with van der Waals surface area (Å²) in [6.45, 7) is 4.11. The predicted molar refractivity (Wildman–Crippen MR) is 188 cm³/mol. The molecule has 8 N–H and O–H groups in total. The van der Waals surface area contributed by atoms with E-state index >= 15 is 0 Å². The van der Waals surface area contributed by atoms with Gasteiger partial charge in [0.1, 0.15) is 22.9 Å². The summed E-state index contributed by atoms with van der Waals surface area (Å²) in [6, 6.07) is 14.2. The summed E-state index contributed by atoms with van der Waals surface area (Å²) in [5.41, 5.74) is 6.19. The van der Waals surface area contributed by atoms with Crippen molar-refractivity contribution in [3.05, 3.63) is 94.6 Å². The van der Waals surface area contributed by atoms with Crippen LogP contribution in [0, 0.1) is 13.8 Å². The van der Waals surface area contributed by atoms with E-state index in [1.54, 1.807) is 24.3 Å². The van der Waals surface area contributed by atoms with E-state index in [9.17, 15) is 19.8 Å². The smallest absolute Gasteiger partial charge is 0.274 e. The lowest BCUT2D eigenvalue weighted by Crippen LogP contribution is -2.29. The van der Waals surface area contributed by atoms with E-state index in [-0.39, 0.29) is 37.7 Å². The third kappa shape index (κ3) is 9.59. The van der Waals surface area contributed by atoms with Gasteiger partial charge < -0.3 is 51.2 Å². The number of amides is 2. The molecular formula is C36H44N6O8. The first-order valence-corrected chi connectivity index (χ1v) is 16.0. The van der Waals surface area contributed by atoms with Gasteiger partial charge in [-0.2, -0.15) is 0 Å². The second kappa shape index (κ2) is 18.2. The molecule has 266 valence electrons. The molecule has 2 aromatic heterocycles. The topological polar surface area (TPSA) is 207 Å². The van der Waals surface area contributed by atoms with Gasteiger partial charge >= 0.3 is 0 Å². The Morgan fingerprint density at radius 3 is 1.46 bits per heavy atom. The van der Waals surface area contributed by atoms with E-state index < -0.39 is 24.0 Å². The van der Waals surface area contributed by atoms with Gasteiger partial charge in [-0.3, -0.25) is 19.6 Å². The Labute approximate surface area is 290 Å². The SMILES string of the molecule is COc1cc(C(=O)Nc2cccc(-c3cccc(NC(=O)c4cc(OC)c(CNCC(O)CO)cn4)c3C)c2C)ncc1CNCC(O)CO. The molecule has 2 heterocycles. The zero-order valence-corrected chi connectivity index (χ0v) is 28.5. The maximum atomic E-state index is 13.3. The van der Waals surface area contributed by atoms with Gasteiger partial charge in [0.15, 0.2) is 0 Å². The van der Waals surface area contributed by atoms with Gasteiger partial charge in [-0.1, -0.05) is 24.3 Å². The Balaban J connectivity index is 1.49. The third-order valence-electron chi connectivity index (χ3n) is 8.06. The Kier molecular flexibility index (Phi) is 13.7. The van der Waals surface area contributed by atoms with Gasteiger partial charge in [0.05, 0.1) is 39.6 Å². The molecule has 0 spiro atoms. The number of nitrogens with one attached hydrogen (secondary N) is 4. The Morgan fingerprint density at radius 2 is 1.10 bits per heavy atom. The van der Waals surface area contributed by atoms with Crippen LogP contribution in [0.2, 0.25) is 0 Å². The fourth-order valence-corrected chi connectivity index (χ4v) is 5.20. The van der Waals surface area contributed by atoms with Crippen LogP contribution in [0.15, 0.2) is 60.9 Å². The van der Waals surface area contributed by atoms with E-state index in [1.165, 1.54) is 26.6 Å². The van der Waals surface area contributed by atoms with Gasteiger partial charge in [0.25, 0.3) is 11.8 Å². The number of carbonyl (C=O) groups is 2. The number of nitrogens with zero attached hydrogens (tertiary/aromatic N) is 2. The van der Waals surface area contributed by atoms with Crippen LogP contribution in [0.5, 0.6) is 11.5 Å². The van der Waals surface area contributed by atoms with Crippen molar-refractivity contribution < 1.29 is 39.5 Å². The molecule has 2 atom stereocenters. The monoisotopic (exact) mass is 688 g/mol. The molecule has 14 heteroatoms. The normalized spacial score (nSPS) is 12.2. The molecule has 2 amide bonds. The molecule has 0 bridgehead atoms. The molecule has 4 rings (SSSR count). The summed E-state index contributed by atoms with van der Waals surface area (Å²) < 4.78 is 10.9.